The lowest BCUT2D eigenvalue weighted by Crippen LogP contribution is -2.31. The topological polar surface area (TPSA) is 58.2 Å². The standard InChI is InChI=1S/C23H23ClN2O2S/c1-23(2)15-21(25-22-19(23)12-7-13-20(22)24)16-8-6-9-17(14-16)26-29(27,28)18-10-4-3-5-11-18/h3-14,21,25-26H,15H2,1-2H3. The van der Waals surface area contributed by atoms with E-state index in [0.29, 0.717) is 10.7 Å². The number of hydrogen-bond donors (Lipinski definition) is 2. The zero-order chi connectivity index (χ0) is 20.6. The number of benzene rings is 3. The van der Waals surface area contributed by atoms with Crippen LogP contribution in [-0.4, -0.2) is 8.42 Å². The molecule has 0 saturated carbocycles. The molecular weight excluding hydrogens is 404 g/mol. The lowest BCUT2D eigenvalue weighted by Gasteiger charge is -2.39. The van der Waals surface area contributed by atoms with Gasteiger partial charge >= 0.3 is 0 Å². The van der Waals surface area contributed by atoms with Crippen molar-refractivity contribution in [3.8, 4) is 0 Å². The molecule has 4 rings (SSSR count). The monoisotopic (exact) mass is 426 g/mol. The quantitative estimate of drug-likeness (QED) is 0.539. The molecule has 1 heterocycles. The predicted molar refractivity (Wildman–Crippen MR) is 119 cm³/mol. The summed E-state index contributed by atoms with van der Waals surface area (Å²) in [5, 5.41) is 4.25. The zero-order valence-electron chi connectivity index (χ0n) is 16.3. The van der Waals surface area contributed by atoms with Crippen molar-refractivity contribution < 1.29 is 8.42 Å². The average molecular weight is 427 g/mol. The van der Waals surface area contributed by atoms with Gasteiger partial charge in [0.15, 0.2) is 0 Å². The molecule has 0 aliphatic carbocycles. The van der Waals surface area contributed by atoms with Crippen LogP contribution in [0.15, 0.2) is 77.7 Å². The molecule has 6 heteroatoms. The lowest BCUT2D eigenvalue weighted by atomic mass is 9.74. The number of anilines is 2. The second kappa shape index (κ2) is 7.39. The summed E-state index contributed by atoms with van der Waals surface area (Å²) in [6.07, 6.45) is 0.870. The molecule has 3 aromatic rings. The van der Waals surface area contributed by atoms with Gasteiger partial charge in [-0.3, -0.25) is 4.72 Å². The summed E-state index contributed by atoms with van der Waals surface area (Å²) < 4.78 is 28.0. The van der Waals surface area contributed by atoms with Crippen LogP contribution in [0.3, 0.4) is 0 Å². The van der Waals surface area contributed by atoms with Crippen molar-refractivity contribution in [2.45, 2.75) is 36.6 Å². The fourth-order valence-corrected chi connectivity index (χ4v) is 5.21. The number of halogens is 1. The van der Waals surface area contributed by atoms with E-state index in [1.165, 1.54) is 5.56 Å². The summed E-state index contributed by atoms with van der Waals surface area (Å²) in [7, 11) is -3.63. The molecule has 0 radical (unpaired) electrons. The highest BCUT2D eigenvalue weighted by Crippen LogP contribution is 2.46. The van der Waals surface area contributed by atoms with Crippen molar-refractivity contribution in [3.63, 3.8) is 0 Å². The second-order valence-corrected chi connectivity index (χ2v) is 10.1. The van der Waals surface area contributed by atoms with Crippen molar-refractivity contribution >= 4 is 33.0 Å². The molecule has 3 aromatic carbocycles. The first-order chi connectivity index (χ1) is 13.8. The minimum absolute atomic E-state index is 0.0265. The Morgan fingerprint density at radius 3 is 2.48 bits per heavy atom. The molecule has 0 bridgehead atoms. The van der Waals surface area contributed by atoms with Gasteiger partial charge in [0.05, 0.1) is 21.6 Å². The molecule has 0 amide bonds. The summed E-state index contributed by atoms with van der Waals surface area (Å²) >= 11 is 6.45. The van der Waals surface area contributed by atoms with E-state index in [1.807, 2.05) is 30.3 Å². The van der Waals surface area contributed by atoms with Crippen LogP contribution < -0.4 is 10.0 Å². The van der Waals surface area contributed by atoms with E-state index in [1.54, 1.807) is 36.4 Å². The molecule has 0 saturated heterocycles. The van der Waals surface area contributed by atoms with Gasteiger partial charge in [-0.15, -0.1) is 0 Å². The van der Waals surface area contributed by atoms with Crippen molar-refractivity contribution in [3.05, 3.63) is 88.9 Å². The summed E-state index contributed by atoms with van der Waals surface area (Å²) in [6, 6.07) is 21.9. The van der Waals surface area contributed by atoms with Gasteiger partial charge in [0.25, 0.3) is 10.0 Å². The van der Waals surface area contributed by atoms with E-state index in [4.69, 9.17) is 11.6 Å². The molecule has 150 valence electrons. The molecule has 1 unspecified atom stereocenters. The zero-order valence-corrected chi connectivity index (χ0v) is 17.9. The Morgan fingerprint density at radius 1 is 1.00 bits per heavy atom. The van der Waals surface area contributed by atoms with E-state index in [0.717, 1.165) is 17.7 Å². The van der Waals surface area contributed by atoms with E-state index < -0.39 is 10.0 Å². The van der Waals surface area contributed by atoms with Gasteiger partial charge < -0.3 is 5.32 Å². The summed E-state index contributed by atoms with van der Waals surface area (Å²) in [5.41, 5.74) is 3.64. The normalized spacial score (nSPS) is 17.8. The maximum atomic E-state index is 12.7. The van der Waals surface area contributed by atoms with E-state index in [-0.39, 0.29) is 16.4 Å². The van der Waals surface area contributed by atoms with Crippen molar-refractivity contribution in [1.82, 2.24) is 0 Å². The molecule has 0 fully saturated rings. The van der Waals surface area contributed by atoms with Crippen LogP contribution in [0.2, 0.25) is 5.02 Å². The summed E-state index contributed by atoms with van der Waals surface area (Å²) in [6.45, 7) is 4.41. The molecule has 2 N–H and O–H groups in total. The Balaban J connectivity index is 1.64. The van der Waals surface area contributed by atoms with Crippen LogP contribution in [0, 0.1) is 0 Å². The highest BCUT2D eigenvalue weighted by atomic mass is 35.5. The molecule has 0 aromatic heterocycles. The third-order valence-corrected chi connectivity index (χ3v) is 7.08. The van der Waals surface area contributed by atoms with Gasteiger partial charge in [-0.05, 0) is 53.3 Å². The Morgan fingerprint density at radius 2 is 1.72 bits per heavy atom. The molecular formula is C23H23ClN2O2S. The van der Waals surface area contributed by atoms with Gasteiger partial charge in [0, 0.05) is 5.69 Å². The minimum atomic E-state index is -3.63. The van der Waals surface area contributed by atoms with E-state index in [2.05, 4.69) is 30.0 Å². The Hall–Kier alpha value is -2.50. The van der Waals surface area contributed by atoms with Crippen LogP contribution >= 0.6 is 11.6 Å². The van der Waals surface area contributed by atoms with Gasteiger partial charge in [-0.25, -0.2) is 8.42 Å². The number of para-hydroxylation sites is 1. The summed E-state index contributed by atoms with van der Waals surface area (Å²) in [4.78, 5) is 0.239. The number of fused-ring (bicyclic) bond motifs is 1. The smallest absolute Gasteiger partial charge is 0.261 e. The first-order valence-electron chi connectivity index (χ1n) is 9.50. The average Bonchev–Trinajstić information content (AvgIpc) is 2.69. The largest absolute Gasteiger partial charge is 0.377 e. The van der Waals surface area contributed by atoms with Gasteiger partial charge in [-0.1, -0.05) is 67.9 Å². The number of sulfonamides is 1. The molecule has 29 heavy (non-hydrogen) atoms. The Kier molecular flexibility index (Phi) is 5.05. The molecule has 4 nitrogen and oxygen atoms in total. The van der Waals surface area contributed by atoms with Crippen molar-refractivity contribution in [2.75, 3.05) is 10.0 Å². The highest BCUT2D eigenvalue weighted by molar-refractivity contribution is 7.92. The van der Waals surface area contributed by atoms with E-state index in [9.17, 15) is 8.42 Å². The maximum Gasteiger partial charge on any atom is 0.261 e. The fourth-order valence-electron chi connectivity index (χ4n) is 3.91. The Bertz CT molecular complexity index is 1140. The summed E-state index contributed by atoms with van der Waals surface area (Å²) in [5.74, 6) is 0. The van der Waals surface area contributed by atoms with Crippen LogP contribution in [0.1, 0.15) is 37.4 Å². The first kappa shape index (κ1) is 19.8. The molecule has 1 aliphatic heterocycles. The van der Waals surface area contributed by atoms with Crippen LogP contribution in [-0.2, 0) is 15.4 Å². The molecule has 0 spiro atoms. The van der Waals surface area contributed by atoms with Crippen molar-refractivity contribution in [2.24, 2.45) is 0 Å². The number of hydrogen-bond acceptors (Lipinski definition) is 3. The first-order valence-corrected chi connectivity index (χ1v) is 11.4. The second-order valence-electron chi connectivity index (χ2n) is 7.99. The Labute approximate surface area is 177 Å². The van der Waals surface area contributed by atoms with Gasteiger partial charge in [-0.2, -0.15) is 0 Å². The fraction of sp³-hybridized carbons (Fsp3) is 0.217. The molecule has 1 aliphatic rings. The third-order valence-electron chi connectivity index (χ3n) is 5.37. The lowest BCUT2D eigenvalue weighted by molar-refractivity contribution is 0.427. The number of rotatable bonds is 4. The van der Waals surface area contributed by atoms with E-state index >= 15 is 0 Å². The third kappa shape index (κ3) is 3.98. The molecule has 1 atom stereocenters. The van der Waals surface area contributed by atoms with Gasteiger partial charge in [0.1, 0.15) is 0 Å². The SMILES string of the molecule is CC1(C)CC(c2cccc(NS(=O)(=O)c3ccccc3)c2)Nc2c(Cl)cccc21. The number of nitrogens with one attached hydrogen (secondary N) is 2. The predicted octanol–water partition coefficient (Wildman–Crippen LogP) is 5.98. The van der Waals surface area contributed by atoms with Crippen LogP contribution in [0.5, 0.6) is 0 Å². The van der Waals surface area contributed by atoms with Gasteiger partial charge in [0.2, 0.25) is 0 Å². The highest BCUT2D eigenvalue weighted by Gasteiger charge is 2.34. The van der Waals surface area contributed by atoms with Crippen LogP contribution in [0.4, 0.5) is 11.4 Å². The van der Waals surface area contributed by atoms with Crippen molar-refractivity contribution in [1.29, 1.82) is 0 Å². The minimum Gasteiger partial charge on any atom is -0.377 e. The van der Waals surface area contributed by atoms with Crippen LogP contribution in [0.25, 0.3) is 0 Å². The maximum absolute atomic E-state index is 12.7.